The van der Waals surface area contributed by atoms with E-state index >= 15 is 4.79 Å². The van der Waals surface area contributed by atoms with Gasteiger partial charge < -0.3 is 50.1 Å². The maximum Gasteiger partial charge on any atom is 0.255 e. The summed E-state index contributed by atoms with van der Waals surface area (Å²) in [6, 6.07) is 14.7. The Balaban J connectivity index is 1.34. The molecule has 3 aromatic rings. The third-order valence-electron chi connectivity index (χ3n) is 11.8. The fourth-order valence-corrected chi connectivity index (χ4v) is 9.33. The molecular weight excluding hydrogens is 811 g/mol. The van der Waals surface area contributed by atoms with E-state index in [0.717, 1.165) is 0 Å². The molecule has 3 unspecified atom stereocenters. The van der Waals surface area contributed by atoms with Gasteiger partial charge in [-0.15, -0.1) is 0 Å². The highest BCUT2D eigenvalue weighted by molar-refractivity contribution is 6.06. The number of ether oxygens (including phenoxy) is 5. The van der Waals surface area contributed by atoms with Gasteiger partial charge in [0.25, 0.3) is 11.8 Å². The zero-order chi connectivity index (χ0) is 45.6. The highest BCUT2D eigenvalue weighted by atomic mass is 16.6. The largest absolute Gasteiger partial charge is 0.504 e. The number of benzene rings is 3. The lowest BCUT2D eigenvalue weighted by molar-refractivity contribution is -0.134. The number of Topliss-reactive ketones (excluding diaryl/α,β-unsaturated/α-hetero) is 1. The molecule has 16 nitrogen and oxygen atoms in total. The van der Waals surface area contributed by atoms with Crippen molar-refractivity contribution < 1.29 is 52.8 Å². The van der Waals surface area contributed by atoms with Crippen molar-refractivity contribution in [3.63, 3.8) is 0 Å². The van der Waals surface area contributed by atoms with E-state index in [4.69, 9.17) is 23.7 Å². The molecule has 3 atom stereocenters. The van der Waals surface area contributed by atoms with Gasteiger partial charge in [0.1, 0.15) is 12.7 Å². The van der Waals surface area contributed by atoms with Crippen molar-refractivity contribution in [1.29, 1.82) is 0 Å². The molecule has 0 aromatic heterocycles. The number of nitrogens with one attached hydrogen (secondary N) is 5. The van der Waals surface area contributed by atoms with Gasteiger partial charge in [-0.25, -0.2) is 0 Å². The number of fused-ring (bicyclic) bond motifs is 2. The number of carbonyl (C=O) groups is 5. The Hall–Kier alpha value is -6.03. The van der Waals surface area contributed by atoms with Crippen LogP contribution in [-0.2, 0) is 9.59 Å². The zero-order valence-electron chi connectivity index (χ0n) is 37.3. The molecule has 0 saturated heterocycles. The zero-order valence-corrected chi connectivity index (χ0v) is 37.3. The van der Waals surface area contributed by atoms with Crippen molar-refractivity contribution in [2.75, 3.05) is 40.5 Å². The first kappa shape index (κ1) is 46.5. The minimum Gasteiger partial charge on any atom is -0.504 e. The Labute approximate surface area is 368 Å². The number of amides is 4. The number of hydrogen-bond donors (Lipinski definition) is 6. The van der Waals surface area contributed by atoms with Crippen molar-refractivity contribution in [3.05, 3.63) is 71.3 Å². The van der Waals surface area contributed by atoms with E-state index < -0.39 is 45.9 Å². The van der Waals surface area contributed by atoms with Crippen LogP contribution < -0.4 is 50.3 Å². The van der Waals surface area contributed by atoms with Crippen LogP contribution >= 0.6 is 0 Å². The molecule has 4 amide bonds. The summed E-state index contributed by atoms with van der Waals surface area (Å²) in [6.45, 7) is 9.74. The second-order valence-electron chi connectivity index (χ2n) is 17.9. The number of para-hydroxylation sites is 3. The van der Waals surface area contributed by atoms with Gasteiger partial charge in [0, 0.05) is 42.9 Å². The quantitative estimate of drug-likeness (QED) is 0.130. The van der Waals surface area contributed by atoms with Crippen molar-refractivity contribution in [2.24, 2.45) is 5.41 Å². The second-order valence-corrected chi connectivity index (χ2v) is 17.9. The van der Waals surface area contributed by atoms with E-state index in [0.29, 0.717) is 50.7 Å². The summed E-state index contributed by atoms with van der Waals surface area (Å²) in [5.41, 5.74) is -3.60. The lowest BCUT2D eigenvalue weighted by Gasteiger charge is -2.41. The number of methoxy groups -OCH3 is 2. The topological polar surface area (TPSA) is 212 Å². The second kappa shape index (κ2) is 19.2. The standard InChI is InChI=1S/C47H61N5O11/c1-29(53)51-44(2,3)28-45(4,5)52-43(58)46(20-11-23-48-41(56)31-14-8-17-34(59-6)37(31)54)21-12-24-49-42(57)33-16-10-19-36-38(33)61-27-30-26-47(63-36,50-25-13-22-46)40(55)32-15-9-18-35(60-7)39(32)62-30/h8-10,14-19,30,50,54H,11-13,20-28H2,1-7H3,(H,48,56)(H,49,57)(H,51,53)(H,52,58). The minimum atomic E-state index is -1.67. The van der Waals surface area contributed by atoms with E-state index in [1.54, 1.807) is 48.5 Å². The van der Waals surface area contributed by atoms with Gasteiger partial charge in [0.15, 0.2) is 34.5 Å². The van der Waals surface area contributed by atoms with E-state index in [2.05, 4.69) is 26.6 Å². The maximum atomic E-state index is 15.0. The van der Waals surface area contributed by atoms with Crippen molar-refractivity contribution in [2.45, 2.75) is 109 Å². The molecule has 3 aliphatic rings. The number of phenolic OH excluding ortho intramolecular Hbond substituents is 1. The van der Waals surface area contributed by atoms with Crippen molar-refractivity contribution in [1.82, 2.24) is 26.6 Å². The van der Waals surface area contributed by atoms with E-state index in [1.807, 2.05) is 27.7 Å². The predicted molar refractivity (Wildman–Crippen MR) is 234 cm³/mol. The molecule has 3 heterocycles. The number of phenols is 1. The fourth-order valence-electron chi connectivity index (χ4n) is 9.33. The van der Waals surface area contributed by atoms with Crippen LogP contribution in [0.5, 0.6) is 34.5 Å². The van der Waals surface area contributed by atoms with Crippen LogP contribution in [0.1, 0.15) is 117 Å². The smallest absolute Gasteiger partial charge is 0.255 e. The average molecular weight is 872 g/mol. The van der Waals surface area contributed by atoms with E-state index in [1.165, 1.54) is 27.2 Å². The van der Waals surface area contributed by atoms with E-state index in [-0.39, 0.29) is 89.9 Å². The SMILES string of the molecule is COc1cccc(C(=O)NCCCC2(C(=O)NC(C)(C)CC(C)(C)NC(C)=O)CCCNC(=O)c3cccc4c3OCC3CC(NCCC2)(O4)C(=O)c2cccc(OC)c2O3)c1O. The van der Waals surface area contributed by atoms with E-state index in [9.17, 15) is 24.3 Å². The molecular formula is C47H61N5O11. The molecule has 0 aliphatic carbocycles. The molecule has 1 spiro atoms. The molecule has 3 aliphatic heterocycles. The van der Waals surface area contributed by atoms with Gasteiger partial charge in [-0.3, -0.25) is 29.3 Å². The molecule has 0 saturated carbocycles. The number of hydrogen-bond acceptors (Lipinski definition) is 12. The van der Waals surface area contributed by atoms with Crippen LogP contribution in [0.25, 0.3) is 0 Å². The van der Waals surface area contributed by atoms with Gasteiger partial charge in [-0.1, -0.05) is 18.2 Å². The third kappa shape index (κ3) is 10.6. The summed E-state index contributed by atoms with van der Waals surface area (Å²) >= 11 is 0. The molecule has 6 rings (SSSR count). The summed E-state index contributed by atoms with van der Waals surface area (Å²) in [6.07, 6.45) is 2.04. The molecule has 3 aromatic carbocycles. The van der Waals surface area contributed by atoms with Gasteiger partial charge in [0.2, 0.25) is 23.3 Å². The summed E-state index contributed by atoms with van der Waals surface area (Å²) in [7, 11) is 2.90. The van der Waals surface area contributed by atoms with Crippen LogP contribution in [0, 0.1) is 5.41 Å². The first-order valence-electron chi connectivity index (χ1n) is 21.5. The van der Waals surface area contributed by atoms with Gasteiger partial charge in [0.05, 0.1) is 30.9 Å². The van der Waals surface area contributed by atoms with Crippen LogP contribution in [0.2, 0.25) is 0 Å². The molecule has 16 heteroatoms. The summed E-state index contributed by atoms with van der Waals surface area (Å²) in [5, 5.41) is 26.3. The molecule has 0 fully saturated rings. The van der Waals surface area contributed by atoms with Gasteiger partial charge in [-0.2, -0.15) is 0 Å². The van der Waals surface area contributed by atoms with Gasteiger partial charge >= 0.3 is 0 Å². The Morgan fingerprint density at radius 1 is 0.873 bits per heavy atom. The number of carbonyl (C=O) groups excluding carboxylic acids is 5. The predicted octanol–water partition coefficient (Wildman–Crippen LogP) is 5.20. The van der Waals surface area contributed by atoms with Crippen LogP contribution in [-0.4, -0.2) is 97.9 Å². The molecule has 340 valence electrons. The lowest BCUT2D eigenvalue weighted by atomic mass is 9.73. The Bertz CT molecular complexity index is 2210. The maximum absolute atomic E-state index is 15.0. The highest BCUT2D eigenvalue weighted by Crippen LogP contribution is 2.44. The Kier molecular flexibility index (Phi) is 14.1. The summed E-state index contributed by atoms with van der Waals surface area (Å²) < 4.78 is 30.2. The number of aromatic hydroxyl groups is 1. The van der Waals surface area contributed by atoms with Gasteiger partial charge in [-0.05, 0) is 116 Å². The van der Waals surface area contributed by atoms with Crippen LogP contribution in [0.3, 0.4) is 0 Å². The minimum absolute atomic E-state index is 0.000629. The lowest BCUT2D eigenvalue weighted by Crippen LogP contribution is -2.59. The summed E-state index contributed by atoms with van der Waals surface area (Å²) in [4.78, 5) is 69.2. The molecule has 63 heavy (non-hydrogen) atoms. The number of ketones is 1. The molecule has 6 N–H and O–H groups in total. The average Bonchev–Trinajstić information content (AvgIpc) is 3.33. The Morgan fingerprint density at radius 2 is 1.54 bits per heavy atom. The fraction of sp³-hybridized carbons (Fsp3) is 0.511. The Morgan fingerprint density at radius 3 is 2.27 bits per heavy atom. The number of rotatable bonds is 12. The monoisotopic (exact) mass is 871 g/mol. The van der Waals surface area contributed by atoms with Crippen LogP contribution in [0.4, 0.5) is 0 Å². The van der Waals surface area contributed by atoms with Crippen molar-refractivity contribution >= 4 is 29.4 Å². The summed E-state index contributed by atoms with van der Waals surface area (Å²) in [5.74, 6) is -0.796. The normalized spacial score (nSPS) is 21.4. The third-order valence-corrected chi connectivity index (χ3v) is 11.8. The first-order chi connectivity index (χ1) is 29.9. The first-order valence-corrected chi connectivity index (χ1v) is 21.5. The van der Waals surface area contributed by atoms with Crippen LogP contribution in [0.15, 0.2) is 54.6 Å². The highest BCUT2D eigenvalue weighted by Gasteiger charge is 2.50. The molecule has 0 radical (unpaired) electrons. The van der Waals surface area contributed by atoms with Crippen molar-refractivity contribution in [3.8, 4) is 34.5 Å². The molecule has 5 bridgehead atoms.